The van der Waals surface area contributed by atoms with Gasteiger partial charge in [0.2, 0.25) is 0 Å². The van der Waals surface area contributed by atoms with Crippen molar-refractivity contribution in [2.45, 2.75) is 54.1 Å². The van der Waals surface area contributed by atoms with Crippen LogP contribution in [0.4, 0.5) is 0 Å². The summed E-state index contributed by atoms with van der Waals surface area (Å²) in [4.78, 5) is 2.44. The van der Waals surface area contributed by atoms with Crippen LogP contribution in [-0.2, 0) is 6.54 Å². The highest BCUT2D eigenvalue weighted by atomic mass is 35.5. The number of nitrogens with zero attached hydrogens (tertiary/aromatic N) is 1. The average Bonchev–Trinajstić information content (AvgIpc) is 2.44. The van der Waals surface area contributed by atoms with Crippen LogP contribution in [0.15, 0.2) is 43.0 Å². The van der Waals surface area contributed by atoms with E-state index < -0.39 is 0 Å². The van der Waals surface area contributed by atoms with E-state index in [2.05, 4.69) is 95.2 Å². The summed E-state index contributed by atoms with van der Waals surface area (Å²) < 4.78 is 0. The molecule has 0 saturated heterocycles. The molecule has 0 heterocycles. The van der Waals surface area contributed by atoms with E-state index >= 15 is 0 Å². The maximum Gasteiger partial charge on any atom is 0.0239 e. The normalized spacial score (nSPS) is 11.3. The number of rotatable bonds is 6. The predicted molar refractivity (Wildman–Crippen MR) is 110 cm³/mol. The summed E-state index contributed by atoms with van der Waals surface area (Å²) in [5.74, 6) is 6.37. The molecule has 0 radical (unpaired) electrons. The van der Waals surface area contributed by atoms with Crippen LogP contribution >= 0.6 is 12.4 Å². The van der Waals surface area contributed by atoms with Gasteiger partial charge in [-0.05, 0) is 58.7 Å². The molecule has 0 atom stereocenters. The maximum atomic E-state index is 4.03. The van der Waals surface area contributed by atoms with E-state index in [0.29, 0.717) is 6.04 Å². The molecule has 2 heteroatoms. The molecule has 1 nitrogen and oxygen atoms in total. The molecule has 0 amide bonds. The smallest absolute Gasteiger partial charge is 0.0239 e. The van der Waals surface area contributed by atoms with Gasteiger partial charge < -0.3 is 0 Å². The summed E-state index contributed by atoms with van der Waals surface area (Å²) in [7, 11) is 0. The number of allylic oxidation sites excluding steroid dienone is 2. The minimum Gasteiger partial charge on any atom is -0.293 e. The fourth-order valence-electron chi connectivity index (χ4n) is 2.13. The lowest BCUT2D eigenvalue weighted by atomic mass is 9.98. The summed E-state index contributed by atoms with van der Waals surface area (Å²) in [6, 6.07) is 9.14. The Kier molecular flexibility index (Phi) is 9.75. The minimum absolute atomic E-state index is 0. The van der Waals surface area contributed by atoms with Gasteiger partial charge in [-0.3, -0.25) is 4.90 Å². The topological polar surface area (TPSA) is 3.24 Å². The van der Waals surface area contributed by atoms with Crippen molar-refractivity contribution in [2.24, 2.45) is 5.41 Å². The van der Waals surface area contributed by atoms with Gasteiger partial charge in [0.25, 0.3) is 0 Å². The van der Waals surface area contributed by atoms with Gasteiger partial charge in [0.05, 0.1) is 0 Å². The molecule has 1 aromatic carbocycles. The standard InChI is InChI=1S/C22H31N.ClH/c1-18(2)21-13-11-12-20(16-21)17-23(19(3)4)15-10-8-9-14-22(5,6)7;/h8,10-13,16,19H,1,15,17H2,2-7H3;1H/b10-8+;. The molecule has 0 aliphatic heterocycles. The van der Waals surface area contributed by atoms with E-state index in [4.69, 9.17) is 0 Å². The molecule has 0 aliphatic rings. The molecule has 0 N–H and O–H groups in total. The maximum absolute atomic E-state index is 4.03. The second kappa shape index (κ2) is 10.4. The number of halogens is 1. The number of benzene rings is 1. The summed E-state index contributed by atoms with van der Waals surface area (Å²) in [5.41, 5.74) is 3.72. The van der Waals surface area contributed by atoms with Crippen molar-refractivity contribution >= 4 is 18.0 Å². The predicted octanol–water partition coefficient (Wildman–Crippen LogP) is 5.96. The van der Waals surface area contributed by atoms with Crippen molar-refractivity contribution in [3.05, 3.63) is 54.1 Å². The Morgan fingerprint density at radius 2 is 1.96 bits per heavy atom. The molecule has 24 heavy (non-hydrogen) atoms. The van der Waals surface area contributed by atoms with Crippen LogP contribution in [0.1, 0.15) is 52.7 Å². The Balaban J connectivity index is 0.00000529. The first-order valence-corrected chi connectivity index (χ1v) is 8.35. The zero-order chi connectivity index (χ0) is 17.5. The van der Waals surface area contributed by atoms with Gasteiger partial charge in [-0.1, -0.05) is 54.3 Å². The SMILES string of the molecule is C=C(C)c1cccc(CN(C/C=C/C#CC(C)(C)C)C(C)C)c1.Cl. The van der Waals surface area contributed by atoms with Crippen LogP contribution < -0.4 is 0 Å². The van der Waals surface area contributed by atoms with Crippen molar-refractivity contribution in [1.29, 1.82) is 0 Å². The first-order chi connectivity index (χ1) is 10.7. The average molecular weight is 346 g/mol. The monoisotopic (exact) mass is 345 g/mol. The van der Waals surface area contributed by atoms with E-state index in [0.717, 1.165) is 18.7 Å². The minimum atomic E-state index is 0. The summed E-state index contributed by atoms with van der Waals surface area (Å²) in [6.45, 7) is 18.8. The number of hydrogen-bond acceptors (Lipinski definition) is 1. The van der Waals surface area contributed by atoms with Crippen molar-refractivity contribution in [3.8, 4) is 11.8 Å². The Bertz CT molecular complexity index is 609. The lowest BCUT2D eigenvalue weighted by molar-refractivity contribution is 0.237. The van der Waals surface area contributed by atoms with Crippen molar-refractivity contribution < 1.29 is 0 Å². The molecule has 0 saturated carbocycles. The van der Waals surface area contributed by atoms with Gasteiger partial charge in [0.15, 0.2) is 0 Å². The lowest BCUT2D eigenvalue weighted by Crippen LogP contribution is -2.30. The summed E-state index contributed by atoms with van der Waals surface area (Å²) in [6.07, 6.45) is 4.13. The second-order valence-electron chi connectivity index (χ2n) is 7.43. The molecule has 0 fully saturated rings. The van der Waals surface area contributed by atoms with Crippen LogP contribution in [0, 0.1) is 17.3 Å². The van der Waals surface area contributed by atoms with E-state index in [1.807, 2.05) is 6.08 Å². The third-order valence-corrected chi connectivity index (χ3v) is 3.52. The van der Waals surface area contributed by atoms with Crippen molar-refractivity contribution in [1.82, 2.24) is 4.90 Å². The third kappa shape index (κ3) is 8.96. The van der Waals surface area contributed by atoms with Gasteiger partial charge in [-0.15, -0.1) is 12.4 Å². The lowest BCUT2D eigenvalue weighted by Gasteiger charge is -2.25. The highest BCUT2D eigenvalue weighted by Crippen LogP contribution is 2.16. The Morgan fingerprint density at radius 1 is 1.29 bits per heavy atom. The van der Waals surface area contributed by atoms with Crippen LogP contribution in [-0.4, -0.2) is 17.5 Å². The second-order valence-corrected chi connectivity index (χ2v) is 7.43. The van der Waals surface area contributed by atoms with Crippen LogP contribution in [0.2, 0.25) is 0 Å². The van der Waals surface area contributed by atoms with Gasteiger partial charge in [-0.25, -0.2) is 0 Å². The van der Waals surface area contributed by atoms with Gasteiger partial charge in [0.1, 0.15) is 0 Å². The van der Waals surface area contributed by atoms with Crippen molar-refractivity contribution in [3.63, 3.8) is 0 Å². The number of hydrogen-bond donors (Lipinski definition) is 0. The molecular weight excluding hydrogens is 314 g/mol. The highest BCUT2D eigenvalue weighted by molar-refractivity contribution is 5.85. The Hall–Kier alpha value is -1.49. The van der Waals surface area contributed by atoms with E-state index in [1.54, 1.807) is 0 Å². The Morgan fingerprint density at radius 3 is 2.50 bits per heavy atom. The van der Waals surface area contributed by atoms with E-state index in [1.165, 1.54) is 11.1 Å². The first-order valence-electron chi connectivity index (χ1n) is 8.35. The largest absolute Gasteiger partial charge is 0.293 e. The van der Waals surface area contributed by atoms with Crippen LogP contribution in [0.25, 0.3) is 5.57 Å². The summed E-state index contributed by atoms with van der Waals surface area (Å²) >= 11 is 0. The first kappa shape index (κ1) is 22.5. The zero-order valence-corrected chi connectivity index (χ0v) is 16.8. The molecule has 0 unspecified atom stereocenters. The quantitative estimate of drug-likeness (QED) is 0.575. The van der Waals surface area contributed by atoms with Crippen molar-refractivity contribution in [2.75, 3.05) is 6.54 Å². The molecule has 132 valence electrons. The molecule has 0 bridgehead atoms. The third-order valence-electron chi connectivity index (χ3n) is 3.52. The highest BCUT2D eigenvalue weighted by Gasteiger charge is 2.09. The fraction of sp³-hybridized carbons (Fsp3) is 0.455. The Labute approximate surface area is 155 Å². The van der Waals surface area contributed by atoms with E-state index in [9.17, 15) is 0 Å². The van der Waals surface area contributed by atoms with Crippen LogP contribution in [0.5, 0.6) is 0 Å². The molecule has 1 rings (SSSR count). The molecule has 0 aliphatic carbocycles. The van der Waals surface area contributed by atoms with Gasteiger partial charge in [0, 0.05) is 24.5 Å². The van der Waals surface area contributed by atoms with E-state index in [-0.39, 0.29) is 17.8 Å². The summed E-state index contributed by atoms with van der Waals surface area (Å²) in [5, 5.41) is 0. The van der Waals surface area contributed by atoms with Gasteiger partial charge >= 0.3 is 0 Å². The zero-order valence-electron chi connectivity index (χ0n) is 16.0. The molecule has 1 aromatic rings. The van der Waals surface area contributed by atoms with Crippen LogP contribution in [0.3, 0.4) is 0 Å². The fourth-order valence-corrected chi connectivity index (χ4v) is 2.13. The molecule has 0 aromatic heterocycles. The molecular formula is C22H32ClN. The van der Waals surface area contributed by atoms with Gasteiger partial charge in [-0.2, -0.15) is 0 Å². The molecule has 0 spiro atoms.